The summed E-state index contributed by atoms with van der Waals surface area (Å²) in [6, 6.07) is 17.3. The minimum Gasteiger partial charge on any atom is -0.464 e. The summed E-state index contributed by atoms with van der Waals surface area (Å²) in [6.45, 7) is 4.54. The van der Waals surface area contributed by atoms with Gasteiger partial charge >= 0.3 is 12.1 Å². The number of carbonyl (C=O) groups excluding carboxylic acids is 3. The van der Waals surface area contributed by atoms with Crippen LogP contribution in [-0.4, -0.2) is 63.2 Å². The maximum atomic E-state index is 13.5. The molecule has 0 atom stereocenters. The first kappa shape index (κ1) is 34.4. The van der Waals surface area contributed by atoms with Gasteiger partial charge in [0.2, 0.25) is 5.88 Å². The van der Waals surface area contributed by atoms with Crippen molar-refractivity contribution in [3.05, 3.63) is 83.8 Å². The van der Waals surface area contributed by atoms with Crippen molar-refractivity contribution in [2.45, 2.75) is 52.5 Å². The van der Waals surface area contributed by atoms with Crippen LogP contribution in [0.5, 0.6) is 5.88 Å². The zero-order valence-electron chi connectivity index (χ0n) is 27.0. The van der Waals surface area contributed by atoms with Gasteiger partial charge in [-0.15, -0.1) is 0 Å². The Morgan fingerprint density at radius 3 is 2.45 bits per heavy atom. The average Bonchev–Trinajstić information content (AvgIpc) is 3.40. The van der Waals surface area contributed by atoms with E-state index in [1.54, 1.807) is 48.5 Å². The molecule has 47 heavy (non-hydrogen) atoms. The number of hydrogen-bond acceptors (Lipinski definition) is 9. The average molecular weight is 644 g/mol. The topological polar surface area (TPSA) is 163 Å². The van der Waals surface area contributed by atoms with Crippen LogP contribution in [0, 0.1) is 0 Å². The van der Waals surface area contributed by atoms with Crippen LogP contribution in [0.3, 0.4) is 0 Å². The summed E-state index contributed by atoms with van der Waals surface area (Å²) >= 11 is 0. The van der Waals surface area contributed by atoms with Crippen LogP contribution < -0.4 is 15.9 Å². The highest BCUT2D eigenvalue weighted by Gasteiger charge is 2.24. The molecule has 2 aromatic heterocycles. The smallest absolute Gasteiger partial charge is 0.435 e. The van der Waals surface area contributed by atoms with Gasteiger partial charge in [-0.1, -0.05) is 39.2 Å². The van der Waals surface area contributed by atoms with E-state index in [1.807, 2.05) is 30.7 Å². The van der Waals surface area contributed by atoms with Crippen molar-refractivity contribution in [3.8, 4) is 5.88 Å². The fraction of sp³-hybridized carbons (Fsp3) is 0.353. The number of carbonyl (C=O) groups is 3. The molecule has 0 spiro atoms. The first-order chi connectivity index (χ1) is 22.8. The van der Waals surface area contributed by atoms with E-state index in [4.69, 9.17) is 25.0 Å². The highest BCUT2D eigenvalue weighted by Crippen LogP contribution is 2.20. The van der Waals surface area contributed by atoms with Crippen molar-refractivity contribution < 1.29 is 28.7 Å². The van der Waals surface area contributed by atoms with E-state index in [0.29, 0.717) is 30.7 Å². The predicted octanol–water partition coefficient (Wildman–Crippen LogP) is 5.39. The number of nitrogens with two attached hydrogens (primary N) is 1. The lowest BCUT2D eigenvalue weighted by molar-refractivity contribution is -0.150. The molecule has 0 fully saturated rings. The second kappa shape index (κ2) is 17.3. The van der Waals surface area contributed by atoms with E-state index in [9.17, 15) is 14.4 Å². The summed E-state index contributed by atoms with van der Waals surface area (Å²) in [5.74, 6) is -0.171. The van der Waals surface area contributed by atoms with Gasteiger partial charge in [0, 0.05) is 36.1 Å². The lowest BCUT2D eigenvalue weighted by Crippen LogP contribution is -2.39. The van der Waals surface area contributed by atoms with Crippen molar-refractivity contribution in [2.75, 3.05) is 25.1 Å². The number of ether oxygens (including phenoxy) is 2. The SMILES string of the molecule is CCCCCCOC(=O)/N=C(/N)c1ccc(NCc2nc3cc(C(=O)N(CC(=O)OCCC)Oc4ccccn4)ccc3n2C)cc1. The van der Waals surface area contributed by atoms with Crippen molar-refractivity contribution in [1.82, 2.24) is 19.6 Å². The highest BCUT2D eigenvalue weighted by molar-refractivity contribution is 6.03. The molecule has 0 saturated heterocycles. The van der Waals surface area contributed by atoms with Crippen molar-refractivity contribution in [2.24, 2.45) is 17.8 Å². The Kier molecular flexibility index (Phi) is 12.7. The number of amides is 2. The normalized spacial score (nSPS) is 11.3. The molecule has 0 aliphatic rings. The molecule has 13 heteroatoms. The zero-order chi connectivity index (χ0) is 33.6. The highest BCUT2D eigenvalue weighted by atomic mass is 16.7. The zero-order valence-corrected chi connectivity index (χ0v) is 27.0. The fourth-order valence-electron chi connectivity index (χ4n) is 4.55. The monoisotopic (exact) mass is 643 g/mol. The number of nitrogens with one attached hydrogen (secondary N) is 1. The van der Waals surface area contributed by atoms with Crippen LogP contribution in [-0.2, 0) is 27.9 Å². The van der Waals surface area contributed by atoms with Gasteiger partial charge in [0.25, 0.3) is 5.91 Å². The largest absolute Gasteiger partial charge is 0.464 e. The van der Waals surface area contributed by atoms with Gasteiger partial charge in [0.1, 0.15) is 11.7 Å². The molecular formula is C34H41N7O6. The Labute approximate surface area is 273 Å². The second-order valence-corrected chi connectivity index (χ2v) is 10.7. The Morgan fingerprint density at radius 2 is 1.72 bits per heavy atom. The number of aryl methyl sites for hydroxylation is 1. The number of hydroxylamine groups is 2. The molecule has 0 unspecified atom stereocenters. The third-order valence-electron chi connectivity index (χ3n) is 7.09. The summed E-state index contributed by atoms with van der Waals surface area (Å²) in [5.41, 5.74) is 9.11. The van der Waals surface area contributed by atoms with E-state index < -0.39 is 24.5 Å². The first-order valence-electron chi connectivity index (χ1n) is 15.7. The van der Waals surface area contributed by atoms with Gasteiger partial charge in [0.15, 0.2) is 6.54 Å². The molecule has 0 aliphatic carbocycles. The summed E-state index contributed by atoms with van der Waals surface area (Å²) in [5, 5.41) is 4.26. The van der Waals surface area contributed by atoms with Gasteiger partial charge in [-0.25, -0.2) is 19.6 Å². The van der Waals surface area contributed by atoms with E-state index in [0.717, 1.165) is 47.8 Å². The molecular weight excluding hydrogens is 602 g/mol. The van der Waals surface area contributed by atoms with Crippen molar-refractivity contribution in [3.63, 3.8) is 0 Å². The molecule has 13 nitrogen and oxygen atoms in total. The number of fused-ring (bicyclic) bond motifs is 1. The van der Waals surface area contributed by atoms with Gasteiger partial charge in [-0.3, -0.25) is 4.79 Å². The maximum absolute atomic E-state index is 13.5. The van der Waals surface area contributed by atoms with Gasteiger partial charge < -0.3 is 29.9 Å². The number of aliphatic imine (C=N–C) groups is 1. The molecule has 0 bridgehead atoms. The number of benzene rings is 2. The lowest BCUT2D eigenvalue weighted by atomic mass is 10.2. The quantitative estimate of drug-likeness (QED) is 0.0532. The van der Waals surface area contributed by atoms with Crippen LogP contribution in [0.2, 0.25) is 0 Å². The number of hydrogen-bond donors (Lipinski definition) is 2. The van der Waals surface area contributed by atoms with E-state index in [2.05, 4.69) is 22.2 Å². The predicted molar refractivity (Wildman–Crippen MR) is 178 cm³/mol. The van der Waals surface area contributed by atoms with Crippen LogP contribution in [0.4, 0.5) is 10.5 Å². The molecule has 0 saturated carbocycles. The molecule has 2 amide bonds. The van der Waals surface area contributed by atoms with Gasteiger partial charge in [0.05, 0.1) is 30.8 Å². The molecule has 3 N–H and O–H groups in total. The van der Waals surface area contributed by atoms with Gasteiger partial charge in [-0.05, 0) is 61.4 Å². The first-order valence-corrected chi connectivity index (χ1v) is 15.7. The number of pyridine rings is 1. The summed E-state index contributed by atoms with van der Waals surface area (Å²) in [6.07, 6.45) is 5.50. The summed E-state index contributed by atoms with van der Waals surface area (Å²) in [7, 11) is 1.89. The minimum atomic E-state index is -0.698. The van der Waals surface area contributed by atoms with E-state index in [1.165, 1.54) is 6.20 Å². The molecule has 248 valence electrons. The molecule has 4 aromatic rings. The Morgan fingerprint density at radius 1 is 0.936 bits per heavy atom. The number of esters is 1. The standard InChI is InChI=1S/C34H41N7O6/c1-4-6-7-10-20-46-34(44)39-32(35)24-12-15-26(16-13-24)37-22-29-38-27-21-25(14-17-28(27)40(29)3)33(43)41(23-31(42)45-19-5-2)47-30-11-8-9-18-36-30/h8-9,11-18,21,37H,4-7,10,19-20,22-23H2,1-3H3,(H2,35,39,44). The van der Waals surface area contributed by atoms with Crippen LogP contribution in [0.25, 0.3) is 11.0 Å². The van der Waals surface area contributed by atoms with Gasteiger partial charge in [-0.2, -0.15) is 10.1 Å². The number of rotatable bonds is 16. The van der Waals surface area contributed by atoms with Crippen molar-refractivity contribution in [1.29, 1.82) is 0 Å². The van der Waals surface area contributed by atoms with Crippen LogP contribution in [0.15, 0.2) is 71.9 Å². The molecule has 0 aliphatic heterocycles. The number of nitrogens with zero attached hydrogens (tertiary/aromatic N) is 5. The third kappa shape index (κ3) is 10.0. The summed E-state index contributed by atoms with van der Waals surface area (Å²) in [4.78, 5) is 56.2. The molecule has 0 radical (unpaired) electrons. The maximum Gasteiger partial charge on any atom is 0.435 e. The number of anilines is 1. The number of unbranched alkanes of at least 4 members (excludes halogenated alkanes) is 3. The Hall–Kier alpha value is -5.46. The molecule has 2 aromatic carbocycles. The van der Waals surface area contributed by atoms with Crippen LogP contribution in [0.1, 0.15) is 67.7 Å². The minimum absolute atomic E-state index is 0.0812. The lowest BCUT2D eigenvalue weighted by Gasteiger charge is -2.21. The summed E-state index contributed by atoms with van der Waals surface area (Å²) < 4.78 is 12.2. The van der Waals surface area contributed by atoms with E-state index in [-0.39, 0.29) is 23.9 Å². The number of imidazole rings is 1. The second-order valence-electron chi connectivity index (χ2n) is 10.7. The van der Waals surface area contributed by atoms with Crippen molar-refractivity contribution >= 4 is 40.5 Å². The number of aromatic nitrogens is 3. The Balaban J connectivity index is 1.40. The van der Waals surface area contributed by atoms with E-state index >= 15 is 0 Å². The molecule has 2 heterocycles. The third-order valence-corrected chi connectivity index (χ3v) is 7.09. The Bertz CT molecular complexity index is 1670. The fourth-order valence-corrected chi connectivity index (χ4v) is 4.55. The van der Waals surface area contributed by atoms with Crippen LogP contribution >= 0.6 is 0 Å². The molecule has 4 rings (SSSR count). The number of amidine groups is 1.